The zero-order chi connectivity index (χ0) is 12.5. The molecule has 1 saturated carbocycles. The van der Waals surface area contributed by atoms with Gasteiger partial charge >= 0.3 is 0 Å². The van der Waals surface area contributed by atoms with Gasteiger partial charge in [-0.25, -0.2) is 4.98 Å². The van der Waals surface area contributed by atoms with E-state index in [0.29, 0.717) is 22.0 Å². The molecule has 0 atom stereocenters. The van der Waals surface area contributed by atoms with E-state index in [-0.39, 0.29) is 5.91 Å². The smallest absolute Gasteiger partial charge is 0.271 e. The van der Waals surface area contributed by atoms with Crippen molar-refractivity contribution in [2.45, 2.75) is 18.9 Å². The molecule has 1 fully saturated rings. The first kappa shape index (κ1) is 11.3. The summed E-state index contributed by atoms with van der Waals surface area (Å²) in [6.07, 6.45) is 5.18. The van der Waals surface area contributed by atoms with Crippen LogP contribution in [-0.4, -0.2) is 31.7 Å². The minimum atomic E-state index is -0.153. The Balaban J connectivity index is 1.92. The number of halogens is 1. The molecule has 0 spiro atoms. The molecular formula is C11H10BrN5O. The molecular weight excluding hydrogens is 298 g/mol. The summed E-state index contributed by atoms with van der Waals surface area (Å²) in [6.45, 7) is 0. The van der Waals surface area contributed by atoms with E-state index in [2.05, 4.69) is 36.4 Å². The maximum atomic E-state index is 12.0. The van der Waals surface area contributed by atoms with E-state index < -0.39 is 0 Å². The first-order valence-corrected chi connectivity index (χ1v) is 6.36. The van der Waals surface area contributed by atoms with Gasteiger partial charge in [0.15, 0.2) is 0 Å². The van der Waals surface area contributed by atoms with Crippen LogP contribution in [0.3, 0.4) is 0 Å². The maximum Gasteiger partial charge on any atom is 0.271 e. The summed E-state index contributed by atoms with van der Waals surface area (Å²) >= 11 is 3.34. The first-order chi connectivity index (χ1) is 8.74. The Morgan fingerprint density at radius 2 is 2.06 bits per heavy atom. The van der Waals surface area contributed by atoms with E-state index in [1.807, 2.05) is 0 Å². The van der Waals surface area contributed by atoms with Crippen molar-refractivity contribution in [2.75, 3.05) is 0 Å². The lowest BCUT2D eigenvalue weighted by Gasteiger charge is -2.07. The Bertz CT molecular complexity index is 579. The van der Waals surface area contributed by atoms with Gasteiger partial charge in [0, 0.05) is 10.5 Å². The molecule has 0 bridgehead atoms. The molecule has 1 aliphatic carbocycles. The minimum absolute atomic E-state index is 0.153. The number of rotatable bonds is 3. The topological polar surface area (TPSA) is 72.7 Å². The number of aromatic nitrogens is 4. The average Bonchev–Trinajstić information content (AvgIpc) is 3.01. The van der Waals surface area contributed by atoms with Gasteiger partial charge in [-0.05, 0) is 40.9 Å². The normalized spacial score (nSPS) is 14.5. The Kier molecular flexibility index (Phi) is 2.83. The molecule has 3 rings (SSSR count). The van der Waals surface area contributed by atoms with Crippen LogP contribution < -0.4 is 5.32 Å². The second-order valence-electron chi connectivity index (χ2n) is 4.12. The molecule has 0 radical (unpaired) electrons. The zero-order valence-corrected chi connectivity index (χ0v) is 11.0. The highest BCUT2D eigenvalue weighted by molar-refractivity contribution is 9.10. The largest absolute Gasteiger partial charge is 0.348 e. The SMILES string of the molecule is O=C(NC1CC1)c1nc(-n2cnnc2)ccc1Br. The molecule has 0 saturated heterocycles. The Hall–Kier alpha value is -1.76. The zero-order valence-electron chi connectivity index (χ0n) is 9.38. The average molecular weight is 308 g/mol. The van der Waals surface area contributed by atoms with E-state index in [4.69, 9.17) is 0 Å². The summed E-state index contributed by atoms with van der Waals surface area (Å²) in [6, 6.07) is 3.90. The van der Waals surface area contributed by atoms with Crippen LogP contribution in [0.4, 0.5) is 0 Å². The third-order valence-corrected chi connectivity index (χ3v) is 3.28. The molecule has 1 amide bonds. The van der Waals surface area contributed by atoms with Gasteiger partial charge < -0.3 is 5.32 Å². The number of carbonyl (C=O) groups excluding carboxylic acids is 1. The number of nitrogens with one attached hydrogen (secondary N) is 1. The lowest BCUT2D eigenvalue weighted by atomic mass is 10.3. The summed E-state index contributed by atoms with van der Waals surface area (Å²) in [5, 5.41) is 10.3. The van der Waals surface area contributed by atoms with Gasteiger partial charge in [0.05, 0.1) is 0 Å². The van der Waals surface area contributed by atoms with Crippen molar-refractivity contribution in [1.82, 2.24) is 25.1 Å². The highest BCUT2D eigenvalue weighted by Gasteiger charge is 2.25. The molecule has 2 aromatic heterocycles. The summed E-state index contributed by atoms with van der Waals surface area (Å²) in [5.41, 5.74) is 0.383. The van der Waals surface area contributed by atoms with Gasteiger partial charge in [0.1, 0.15) is 24.2 Å². The fourth-order valence-corrected chi connectivity index (χ4v) is 1.94. The molecule has 0 aliphatic heterocycles. The van der Waals surface area contributed by atoms with Gasteiger partial charge in [-0.15, -0.1) is 10.2 Å². The second-order valence-corrected chi connectivity index (χ2v) is 4.97. The van der Waals surface area contributed by atoms with Crippen molar-refractivity contribution in [3.05, 3.63) is 35.0 Å². The van der Waals surface area contributed by atoms with Gasteiger partial charge in [-0.2, -0.15) is 0 Å². The lowest BCUT2D eigenvalue weighted by Crippen LogP contribution is -2.27. The van der Waals surface area contributed by atoms with Gasteiger partial charge in [0.2, 0.25) is 0 Å². The van der Waals surface area contributed by atoms with E-state index in [1.54, 1.807) is 29.4 Å². The Morgan fingerprint density at radius 1 is 1.33 bits per heavy atom. The van der Waals surface area contributed by atoms with Crippen molar-refractivity contribution in [2.24, 2.45) is 0 Å². The van der Waals surface area contributed by atoms with Crippen molar-refractivity contribution in [3.63, 3.8) is 0 Å². The van der Waals surface area contributed by atoms with Gasteiger partial charge in [-0.1, -0.05) is 0 Å². The van der Waals surface area contributed by atoms with Crippen molar-refractivity contribution < 1.29 is 4.79 Å². The van der Waals surface area contributed by atoms with E-state index in [0.717, 1.165) is 12.8 Å². The number of hydrogen-bond donors (Lipinski definition) is 1. The quantitative estimate of drug-likeness (QED) is 0.928. The summed E-state index contributed by atoms with van der Waals surface area (Å²) in [5.74, 6) is 0.462. The van der Waals surface area contributed by atoms with Gasteiger partial charge in [-0.3, -0.25) is 9.36 Å². The number of amides is 1. The molecule has 7 heteroatoms. The van der Waals surface area contributed by atoms with E-state index in [9.17, 15) is 4.79 Å². The molecule has 18 heavy (non-hydrogen) atoms. The summed E-state index contributed by atoms with van der Waals surface area (Å²) < 4.78 is 2.33. The predicted molar refractivity (Wildman–Crippen MR) is 67.3 cm³/mol. The van der Waals surface area contributed by atoms with Crippen LogP contribution in [0.2, 0.25) is 0 Å². The molecule has 2 aromatic rings. The van der Waals surface area contributed by atoms with Crippen LogP contribution in [0, 0.1) is 0 Å². The van der Waals surface area contributed by atoms with Crippen LogP contribution >= 0.6 is 15.9 Å². The third kappa shape index (κ3) is 2.26. The second kappa shape index (κ2) is 4.49. The highest BCUT2D eigenvalue weighted by atomic mass is 79.9. The Labute approximate surface area is 112 Å². The highest BCUT2D eigenvalue weighted by Crippen LogP contribution is 2.21. The number of hydrogen-bond acceptors (Lipinski definition) is 4. The first-order valence-electron chi connectivity index (χ1n) is 5.56. The summed E-state index contributed by atoms with van der Waals surface area (Å²) in [4.78, 5) is 16.3. The van der Waals surface area contributed by atoms with Crippen LogP contribution in [-0.2, 0) is 0 Å². The molecule has 2 heterocycles. The number of nitrogens with zero attached hydrogens (tertiary/aromatic N) is 4. The summed E-state index contributed by atoms with van der Waals surface area (Å²) in [7, 11) is 0. The monoisotopic (exact) mass is 307 g/mol. The van der Waals surface area contributed by atoms with Crippen molar-refractivity contribution >= 4 is 21.8 Å². The van der Waals surface area contributed by atoms with Crippen LogP contribution in [0.5, 0.6) is 0 Å². The molecule has 0 aromatic carbocycles. The third-order valence-electron chi connectivity index (χ3n) is 2.64. The fourth-order valence-electron chi connectivity index (χ4n) is 1.54. The molecule has 1 aliphatic rings. The Morgan fingerprint density at radius 3 is 2.72 bits per heavy atom. The number of pyridine rings is 1. The number of carbonyl (C=O) groups is 1. The van der Waals surface area contributed by atoms with Crippen LogP contribution in [0.1, 0.15) is 23.3 Å². The molecule has 92 valence electrons. The fraction of sp³-hybridized carbons (Fsp3) is 0.273. The van der Waals surface area contributed by atoms with E-state index in [1.165, 1.54) is 0 Å². The van der Waals surface area contributed by atoms with Crippen LogP contribution in [0.25, 0.3) is 5.82 Å². The van der Waals surface area contributed by atoms with Crippen molar-refractivity contribution in [3.8, 4) is 5.82 Å². The molecule has 0 unspecified atom stereocenters. The van der Waals surface area contributed by atoms with Crippen LogP contribution in [0.15, 0.2) is 29.3 Å². The van der Waals surface area contributed by atoms with Crippen molar-refractivity contribution in [1.29, 1.82) is 0 Å². The van der Waals surface area contributed by atoms with Gasteiger partial charge in [0.25, 0.3) is 5.91 Å². The van der Waals surface area contributed by atoms with E-state index >= 15 is 0 Å². The molecule has 1 N–H and O–H groups in total. The predicted octanol–water partition coefficient (Wildman–Crippen LogP) is 1.32. The minimum Gasteiger partial charge on any atom is -0.348 e. The maximum absolute atomic E-state index is 12.0. The standard InChI is InChI=1S/C11H10BrN5O/c12-8-3-4-9(17-5-13-14-6-17)16-10(8)11(18)15-7-1-2-7/h3-7H,1-2H2,(H,15,18). The lowest BCUT2D eigenvalue weighted by molar-refractivity contribution is 0.0945. The molecule has 6 nitrogen and oxygen atoms in total.